The number of anilines is 1. The number of ether oxygens (including phenoxy) is 1. The third kappa shape index (κ3) is 7.19. The van der Waals surface area contributed by atoms with Crippen LogP contribution >= 0.6 is 27.3 Å². The number of carbonyl (C=O) groups excluding carboxylic acids is 1. The highest BCUT2D eigenvalue weighted by Crippen LogP contribution is 2.36. The summed E-state index contributed by atoms with van der Waals surface area (Å²) in [5.74, 6) is 0.615. The second kappa shape index (κ2) is 12.9. The molecule has 6 heteroatoms. The summed E-state index contributed by atoms with van der Waals surface area (Å²) in [6, 6.07) is 17.5. The number of thiophene rings is 1. The molecular formula is C29H31BrN2O2S. The predicted molar refractivity (Wildman–Crippen MR) is 146 cm³/mol. The maximum absolute atomic E-state index is 13.0. The molecule has 0 saturated carbocycles. The highest BCUT2D eigenvalue weighted by atomic mass is 79.9. The summed E-state index contributed by atoms with van der Waals surface area (Å²) in [6.07, 6.45) is 11.8. The van der Waals surface area contributed by atoms with E-state index < -0.39 is 0 Å². The first-order valence-electron chi connectivity index (χ1n) is 12.5. The summed E-state index contributed by atoms with van der Waals surface area (Å²) >= 11 is 5.01. The van der Waals surface area contributed by atoms with Crippen molar-refractivity contribution in [1.82, 2.24) is 0 Å². The highest BCUT2D eigenvalue weighted by Gasteiger charge is 2.20. The minimum Gasteiger partial charge on any atom is -0.489 e. The molecule has 1 N–H and O–H groups in total. The van der Waals surface area contributed by atoms with E-state index in [-0.39, 0.29) is 5.91 Å². The number of nitrogens with one attached hydrogen (secondary N) is 1. The summed E-state index contributed by atoms with van der Waals surface area (Å²) in [5, 5.41) is 13.7. The number of nitrogens with zero attached hydrogens (tertiary/aromatic N) is 1. The van der Waals surface area contributed by atoms with Crippen molar-refractivity contribution in [2.45, 2.75) is 70.8 Å². The molecule has 1 heterocycles. The minimum atomic E-state index is -0.181. The van der Waals surface area contributed by atoms with Gasteiger partial charge in [-0.1, -0.05) is 66.6 Å². The Balaban J connectivity index is 1.42. The van der Waals surface area contributed by atoms with Gasteiger partial charge in [0.05, 0.1) is 5.56 Å². The van der Waals surface area contributed by atoms with Crippen molar-refractivity contribution in [3.8, 4) is 11.8 Å². The van der Waals surface area contributed by atoms with E-state index in [0.29, 0.717) is 22.7 Å². The number of benzene rings is 2. The summed E-state index contributed by atoms with van der Waals surface area (Å²) in [5.41, 5.74) is 3.38. The van der Waals surface area contributed by atoms with Gasteiger partial charge in [-0.3, -0.25) is 4.79 Å². The van der Waals surface area contributed by atoms with E-state index in [1.807, 2.05) is 48.5 Å². The maximum Gasteiger partial charge on any atom is 0.256 e. The molecule has 3 aromatic rings. The second-order valence-electron chi connectivity index (χ2n) is 9.04. The van der Waals surface area contributed by atoms with Crippen LogP contribution in [0.15, 0.2) is 53.0 Å². The monoisotopic (exact) mass is 550 g/mol. The fourth-order valence-corrected chi connectivity index (χ4v) is 5.96. The number of halogens is 1. The first kappa shape index (κ1) is 25.5. The lowest BCUT2D eigenvalue weighted by molar-refractivity contribution is 0.102. The predicted octanol–water partition coefficient (Wildman–Crippen LogP) is 8.43. The average Bonchev–Trinajstić information content (AvgIpc) is 3.19. The van der Waals surface area contributed by atoms with Gasteiger partial charge in [-0.15, -0.1) is 11.3 Å². The van der Waals surface area contributed by atoms with E-state index in [4.69, 9.17) is 4.74 Å². The van der Waals surface area contributed by atoms with Crippen molar-refractivity contribution in [3.63, 3.8) is 0 Å². The van der Waals surface area contributed by atoms with Gasteiger partial charge in [0.1, 0.15) is 23.4 Å². The molecule has 35 heavy (non-hydrogen) atoms. The van der Waals surface area contributed by atoms with Gasteiger partial charge in [0.2, 0.25) is 0 Å². The van der Waals surface area contributed by atoms with Crippen molar-refractivity contribution in [2.75, 3.05) is 5.32 Å². The number of aryl methyl sites for hydroxylation is 1. The van der Waals surface area contributed by atoms with Gasteiger partial charge < -0.3 is 10.1 Å². The third-order valence-electron chi connectivity index (χ3n) is 6.45. The van der Waals surface area contributed by atoms with Crippen LogP contribution in [-0.4, -0.2) is 5.91 Å². The number of rotatable bonds is 5. The summed E-state index contributed by atoms with van der Waals surface area (Å²) < 4.78 is 6.83. The molecule has 0 unspecified atom stereocenters. The number of carbonyl (C=O) groups is 1. The molecule has 1 aromatic heterocycles. The Kier molecular flexibility index (Phi) is 9.39. The molecule has 0 bridgehead atoms. The Morgan fingerprint density at radius 1 is 0.914 bits per heavy atom. The quantitative estimate of drug-likeness (QED) is 0.346. The Morgan fingerprint density at radius 2 is 1.54 bits per heavy atom. The number of hydrogen-bond donors (Lipinski definition) is 1. The number of hydrogen-bond acceptors (Lipinski definition) is 4. The number of nitriles is 1. The van der Waals surface area contributed by atoms with Crippen LogP contribution in [0.2, 0.25) is 0 Å². The maximum atomic E-state index is 13.0. The van der Waals surface area contributed by atoms with Gasteiger partial charge in [-0.25, -0.2) is 0 Å². The molecule has 0 spiro atoms. The SMILES string of the molecule is N#Cc1c(NC(=O)c2ccc(COc3ccc(Br)cc3)cc2)sc2c1CCCCCCCCCC2. The van der Waals surface area contributed by atoms with Crippen molar-refractivity contribution in [1.29, 1.82) is 5.26 Å². The first-order chi connectivity index (χ1) is 17.1. The van der Waals surface area contributed by atoms with Crippen molar-refractivity contribution in [2.24, 2.45) is 0 Å². The molecule has 0 atom stereocenters. The largest absolute Gasteiger partial charge is 0.489 e. The zero-order valence-electron chi connectivity index (χ0n) is 19.9. The topological polar surface area (TPSA) is 62.1 Å². The van der Waals surface area contributed by atoms with Crippen LogP contribution < -0.4 is 10.1 Å². The molecule has 0 radical (unpaired) electrons. The van der Waals surface area contributed by atoms with Crippen LogP contribution in [0.4, 0.5) is 5.00 Å². The molecule has 0 saturated heterocycles. The van der Waals surface area contributed by atoms with Gasteiger partial charge in [0.25, 0.3) is 5.91 Å². The van der Waals surface area contributed by atoms with E-state index in [1.54, 1.807) is 11.3 Å². The lowest BCUT2D eigenvalue weighted by Gasteiger charge is -2.08. The first-order valence-corrected chi connectivity index (χ1v) is 14.1. The third-order valence-corrected chi connectivity index (χ3v) is 8.18. The molecule has 4 nitrogen and oxygen atoms in total. The van der Waals surface area contributed by atoms with Crippen molar-refractivity contribution < 1.29 is 9.53 Å². The standard InChI is InChI=1S/C29H31BrN2O2S/c30-23-15-17-24(18-16-23)34-20-21-11-13-22(14-12-21)28(33)32-29-26(19-31)25-9-7-5-3-1-2-4-6-8-10-27(25)35-29/h11-18H,1-10,20H2,(H,32,33). The van der Waals surface area contributed by atoms with E-state index in [9.17, 15) is 10.1 Å². The molecular weight excluding hydrogens is 520 g/mol. The van der Waals surface area contributed by atoms with E-state index >= 15 is 0 Å². The Bertz CT molecular complexity index is 1160. The Labute approximate surface area is 220 Å². The molecule has 1 aliphatic carbocycles. The van der Waals surface area contributed by atoms with Crippen molar-refractivity contribution in [3.05, 3.63) is 80.1 Å². The Hall–Kier alpha value is -2.62. The van der Waals surface area contributed by atoms with Gasteiger partial charge in [-0.05, 0) is 73.2 Å². The van der Waals surface area contributed by atoms with Gasteiger partial charge in [0, 0.05) is 14.9 Å². The average molecular weight is 552 g/mol. The lowest BCUT2D eigenvalue weighted by atomic mass is 9.98. The molecule has 0 fully saturated rings. The summed E-state index contributed by atoms with van der Waals surface area (Å²) in [7, 11) is 0. The normalized spacial score (nSPS) is 14.6. The van der Waals surface area contributed by atoms with Crippen LogP contribution in [0.1, 0.15) is 83.3 Å². The fraction of sp³-hybridized carbons (Fsp3) is 0.379. The molecule has 1 amide bonds. The van der Waals surface area contributed by atoms with Gasteiger partial charge in [0.15, 0.2) is 0 Å². The second-order valence-corrected chi connectivity index (χ2v) is 11.1. The van der Waals surface area contributed by atoms with Crippen LogP contribution in [-0.2, 0) is 19.4 Å². The zero-order chi connectivity index (χ0) is 24.5. The van der Waals surface area contributed by atoms with E-state index in [1.165, 1.54) is 43.4 Å². The molecule has 2 aromatic carbocycles. The van der Waals surface area contributed by atoms with Crippen molar-refractivity contribution >= 4 is 38.2 Å². The fourth-order valence-electron chi connectivity index (χ4n) is 4.46. The smallest absolute Gasteiger partial charge is 0.256 e. The molecule has 1 aliphatic rings. The van der Waals surface area contributed by atoms with Crippen LogP contribution in [0.5, 0.6) is 5.75 Å². The molecule has 4 rings (SSSR count). The summed E-state index contributed by atoms with van der Waals surface area (Å²) in [4.78, 5) is 14.3. The molecule has 0 aliphatic heterocycles. The number of fused-ring (bicyclic) bond motifs is 1. The number of amides is 1. The summed E-state index contributed by atoms with van der Waals surface area (Å²) in [6.45, 7) is 0.430. The lowest BCUT2D eigenvalue weighted by Crippen LogP contribution is -2.12. The molecule has 182 valence electrons. The Morgan fingerprint density at radius 3 is 2.20 bits per heavy atom. The zero-order valence-corrected chi connectivity index (χ0v) is 22.3. The van der Waals surface area contributed by atoms with Crippen LogP contribution in [0.25, 0.3) is 0 Å². The van der Waals surface area contributed by atoms with E-state index in [2.05, 4.69) is 27.3 Å². The van der Waals surface area contributed by atoms with Crippen LogP contribution in [0, 0.1) is 11.3 Å². The van der Waals surface area contributed by atoms with Gasteiger partial charge >= 0.3 is 0 Å². The highest BCUT2D eigenvalue weighted by molar-refractivity contribution is 9.10. The van der Waals surface area contributed by atoms with Crippen LogP contribution in [0.3, 0.4) is 0 Å². The van der Waals surface area contributed by atoms with E-state index in [0.717, 1.165) is 47.0 Å². The minimum absolute atomic E-state index is 0.181. The van der Waals surface area contributed by atoms with Gasteiger partial charge in [-0.2, -0.15) is 5.26 Å².